The molecular formula is C22H28N2O6S2. The quantitative estimate of drug-likeness (QED) is 0.655. The molecule has 32 heavy (non-hydrogen) atoms. The molecule has 1 unspecified atom stereocenters. The highest BCUT2D eigenvalue weighted by atomic mass is 32.2. The lowest BCUT2D eigenvalue weighted by Gasteiger charge is -2.34. The molecule has 1 heterocycles. The first-order valence-corrected chi connectivity index (χ1v) is 13.7. The number of nitrogens with one attached hydrogen (secondary N) is 1. The Hall–Kier alpha value is -2.14. The molecule has 1 atom stereocenters. The highest BCUT2D eigenvalue weighted by Gasteiger charge is 2.36. The summed E-state index contributed by atoms with van der Waals surface area (Å²) in [7, 11) is -5.68. The molecule has 1 aliphatic carbocycles. The van der Waals surface area contributed by atoms with E-state index in [0.717, 1.165) is 24.8 Å². The molecule has 2 aromatic carbocycles. The number of hydrogen-bond acceptors (Lipinski definition) is 6. The van der Waals surface area contributed by atoms with E-state index in [2.05, 4.69) is 4.72 Å². The number of fused-ring (bicyclic) bond motifs is 1. The number of methoxy groups -OCH3 is 1. The molecule has 2 aromatic rings. The topological polar surface area (TPSA) is 113 Å². The number of aliphatic hydroxyl groups is 1. The predicted molar refractivity (Wildman–Crippen MR) is 122 cm³/mol. The lowest BCUT2D eigenvalue weighted by Crippen LogP contribution is -2.43. The summed E-state index contributed by atoms with van der Waals surface area (Å²) in [5.41, 5.74) is 0.800. The maximum absolute atomic E-state index is 12.9. The minimum absolute atomic E-state index is 0.0185. The van der Waals surface area contributed by atoms with Crippen molar-refractivity contribution in [2.75, 3.05) is 30.3 Å². The first-order valence-electron chi connectivity index (χ1n) is 10.6. The number of ether oxygens (including phenoxy) is 1. The summed E-state index contributed by atoms with van der Waals surface area (Å²) in [6.07, 6.45) is 3.38. The Morgan fingerprint density at radius 2 is 1.88 bits per heavy atom. The predicted octanol–water partition coefficient (Wildman–Crippen LogP) is 2.13. The second-order valence-corrected chi connectivity index (χ2v) is 12.1. The van der Waals surface area contributed by atoms with E-state index in [1.807, 2.05) is 6.07 Å². The molecule has 2 N–H and O–H groups in total. The van der Waals surface area contributed by atoms with Crippen molar-refractivity contribution in [3.63, 3.8) is 0 Å². The summed E-state index contributed by atoms with van der Waals surface area (Å²) in [4.78, 5) is 0.0185. The van der Waals surface area contributed by atoms with Gasteiger partial charge in [0.2, 0.25) is 20.0 Å². The number of rotatable bonds is 6. The van der Waals surface area contributed by atoms with Crippen LogP contribution in [-0.4, -0.2) is 47.9 Å². The van der Waals surface area contributed by atoms with Gasteiger partial charge in [-0.2, -0.15) is 0 Å². The zero-order valence-corrected chi connectivity index (χ0v) is 19.6. The molecule has 2 aliphatic rings. The summed E-state index contributed by atoms with van der Waals surface area (Å²) < 4.78 is 59.4. The van der Waals surface area contributed by atoms with Crippen LogP contribution in [0.2, 0.25) is 0 Å². The van der Waals surface area contributed by atoms with Crippen LogP contribution in [0.15, 0.2) is 47.4 Å². The molecule has 0 aromatic heterocycles. The fraction of sp³-hybridized carbons (Fsp3) is 0.455. The first-order chi connectivity index (χ1) is 15.1. The van der Waals surface area contributed by atoms with Crippen LogP contribution in [0.5, 0.6) is 5.75 Å². The van der Waals surface area contributed by atoms with Gasteiger partial charge in [0.05, 0.1) is 23.4 Å². The summed E-state index contributed by atoms with van der Waals surface area (Å²) in [5, 5.41) is 11.2. The average molecular weight is 481 g/mol. The number of nitrogens with zero attached hydrogens (tertiary/aromatic N) is 1. The largest absolute Gasteiger partial charge is 0.497 e. The molecule has 0 radical (unpaired) electrons. The Balaban J connectivity index is 1.51. The molecule has 0 saturated carbocycles. The molecule has 0 amide bonds. The zero-order valence-electron chi connectivity index (χ0n) is 18.0. The fourth-order valence-electron chi connectivity index (χ4n) is 4.42. The third-order valence-corrected chi connectivity index (χ3v) is 9.48. The molecule has 0 bridgehead atoms. The van der Waals surface area contributed by atoms with Crippen LogP contribution in [0.25, 0.3) is 0 Å². The summed E-state index contributed by atoms with van der Waals surface area (Å²) in [5.74, 6) is 0.796. The average Bonchev–Trinajstić information content (AvgIpc) is 2.78. The van der Waals surface area contributed by atoms with E-state index in [1.165, 1.54) is 28.6 Å². The molecule has 1 saturated heterocycles. The molecule has 4 rings (SSSR count). The normalized spacial score (nSPS) is 22.9. The second-order valence-electron chi connectivity index (χ2n) is 8.32. The van der Waals surface area contributed by atoms with Gasteiger partial charge in [0, 0.05) is 13.1 Å². The monoisotopic (exact) mass is 480 g/mol. The highest BCUT2D eigenvalue weighted by Crippen LogP contribution is 2.37. The molecule has 8 nitrogen and oxygen atoms in total. The SMILES string of the molecule is COc1ccc2c(c1)CCCC2(O)CNS(=O)(=O)c1ccc(N2CCCCS2(=O)=O)cc1. The van der Waals surface area contributed by atoms with Crippen molar-refractivity contribution >= 4 is 25.7 Å². The van der Waals surface area contributed by atoms with E-state index in [1.54, 1.807) is 19.2 Å². The van der Waals surface area contributed by atoms with Crippen molar-refractivity contribution < 1.29 is 26.7 Å². The summed E-state index contributed by atoms with van der Waals surface area (Å²) >= 11 is 0. The lowest BCUT2D eigenvalue weighted by molar-refractivity contribution is 0.0242. The van der Waals surface area contributed by atoms with Crippen LogP contribution in [0, 0.1) is 0 Å². The number of anilines is 1. The molecule has 0 spiro atoms. The van der Waals surface area contributed by atoms with E-state index in [-0.39, 0.29) is 17.2 Å². The molecule has 174 valence electrons. The highest BCUT2D eigenvalue weighted by molar-refractivity contribution is 7.92. The third-order valence-electron chi connectivity index (χ3n) is 6.19. The van der Waals surface area contributed by atoms with Crippen LogP contribution >= 0.6 is 0 Å². The van der Waals surface area contributed by atoms with Gasteiger partial charge in [0.25, 0.3) is 0 Å². The van der Waals surface area contributed by atoms with Crippen LogP contribution in [0.4, 0.5) is 5.69 Å². The molecule has 1 fully saturated rings. The van der Waals surface area contributed by atoms with E-state index in [9.17, 15) is 21.9 Å². The van der Waals surface area contributed by atoms with Crippen LogP contribution < -0.4 is 13.8 Å². The van der Waals surface area contributed by atoms with Crippen LogP contribution in [0.3, 0.4) is 0 Å². The molecule has 10 heteroatoms. The Morgan fingerprint density at radius 1 is 1.12 bits per heavy atom. The van der Waals surface area contributed by atoms with Crippen LogP contribution in [-0.2, 0) is 32.1 Å². The minimum atomic E-state index is -3.89. The standard InChI is InChI=1S/C22H28N2O6S2/c1-30-19-8-11-21-17(15-19)5-4-12-22(21,25)16-23-32(28,29)20-9-6-18(7-10-20)24-13-2-3-14-31(24,26)27/h6-11,15,23,25H,2-5,12-14,16H2,1H3. The van der Waals surface area contributed by atoms with Gasteiger partial charge in [-0.1, -0.05) is 6.07 Å². The van der Waals surface area contributed by atoms with Crippen molar-refractivity contribution in [3.05, 3.63) is 53.6 Å². The van der Waals surface area contributed by atoms with Gasteiger partial charge in [-0.15, -0.1) is 0 Å². The van der Waals surface area contributed by atoms with Gasteiger partial charge in [0.15, 0.2) is 0 Å². The molecular weight excluding hydrogens is 452 g/mol. The van der Waals surface area contributed by atoms with E-state index in [4.69, 9.17) is 4.74 Å². The number of aryl methyl sites for hydroxylation is 1. The first kappa shape index (κ1) is 23.0. The number of benzene rings is 2. The third kappa shape index (κ3) is 4.50. The van der Waals surface area contributed by atoms with Crippen LogP contribution in [0.1, 0.15) is 36.8 Å². The Bertz CT molecular complexity index is 1200. The fourth-order valence-corrected chi connectivity index (χ4v) is 7.14. The van der Waals surface area contributed by atoms with Gasteiger partial charge in [-0.25, -0.2) is 21.6 Å². The smallest absolute Gasteiger partial charge is 0.240 e. The summed E-state index contributed by atoms with van der Waals surface area (Å²) in [6.45, 7) is 0.237. The van der Waals surface area contributed by atoms with Gasteiger partial charge in [0.1, 0.15) is 11.4 Å². The van der Waals surface area contributed by atoms with Gasteiger partial charge in [-0.3, -0.25) is 4.31 Å². The maximum atomic E-state index is 12.9. The van der Waals surface area contributed by atoms with Crippen molar-refractivity contribution in [3.8, 4) is 5.75 Å². The van der Waals surface area contributed by atoms with E-state index >= 15 is 0 Å². The van der Waals surface area contributed by atoms with Crippen molar-refractivity contribution in [2.24, 2.45) is 0 Å². The van der Waals surface area contributed by atoms with Gasteiger partial charge in [-0.05, 0) is 79.6 Å². The molecule has 1 aliphatic heterocycles. The van der Waals surface area contributed by atoms with Crippen molar-refractivity contribution in [1.29, 1.82) is 0 Å². The van der Waals surface area contributed by atoms with Crippen molar-refractivity contribution in [1.82, 2.24) is 4.72 Å². The number of sulfonamides is 2. The van der Waals surface area contributed by atoms with Crippen molar-refractivity contribution in [2.45, 2.75) is 42.6 Å². The van der Waals surface area contributed by atoms with E-state index < -0.39 is 25.6 Å². The zero-order chi connectivity index (χ0) is 23.0. The Labute approximate surface area is 189 Å². The number of hydrogen-bond donors (Lipinski definition) is 2. The minimum Gasteiger partial charge on any atom is -0.497 e. The lowest BCUT2D eigenvalue weighted by atomic mass is 9.79. The van der Waals surface area contributed by atoms with Gasteiger partial charge >= 0.3 is 0 Å². The Kier molecular flexibility index (Phi) is 6.23. The summed E-state index contributed by atoms with van der Waals surface area (Å²) in [6, 6.07) is 11.2. The maximum Gasteiger partial charge on any atom is 0.240 e. The van der Waals surface area contributed by atoms with Gasteiger partial charge < -0.3 is 9.84 Å². The van der Waals surface area contributed by atoms with E-state index in [0.29, 0.717) is 36.4 Å². The Morgan fingerprint density at radius 3 is 2.56 bits per heavy atom. The second kappa shape index (κ2) is 8.66.